The number of benzene rings is 8. The van der Waals surface area contributed by atoms with Gasteiger partial charge in [0, 0.05) is 63.3 Å². The SMILES string of the molecule is c1ccc(N2c3ccccc3[Si](c3ccccc3)(c3ccccc3)c3c2ccc2c3c3cccnc3n2-c2cccc(Oc3ccc4c5ccccc5n5ccnc5c4c3)c2)cc1. The average molecular weight is 824 g/mol. The highest BCUT2D eigenvalue weighted by Gasteiger charge is 2.50. The topological polar surface area (TPSA) is 47.6 Å². The molecule has 0 spiro atoms. The van der Waals surface area contributed by atoms with Crippen LogP contribution in [0.4, 0.5) is 17.1 Å². The minimum Gasteiger partial charge on any atom is -0.457 e. The zero-order chi connectivity index (χ0) is 41.5. The van der Waals surface area contributed by atoms with Gasteiger partial charge in [-0.3, -0.25) is 8.97 Å². The van der Waals surface area contributed by atoms with Crippen LogP contribution in [0, 0.1) is 0 Å². The highest BCUT2D eigenvalue weighted by Crippen LogP contribution is 2.43. The maximum absolute atomic E-state index is 6.76. The smallest absolute Gasteiger partial charge is 0.184 e. The van der Waals surface area contributed by atoms with E-state index >= 15 is 0 Å². The van der Waals surface area contributed by atoms with Crippen molar-refractivity contribution < 1.29 is 4.74 Å². The van der Waals surface area contributed by atoms with Gasteiger partial charge in [0.05, 0.1) is 16.7 Å². The van der Waals surface area contributed by atoms with E-state index in [2.05, 4.69) is 214 Å². The molecule has 0 unspecified atom stereocenters. The summed E-state index contributed by atoms with van der Waals surface area (Å²) in [5.74, 6) is 1.48. The summed E-state index contributed by atoms with van der Waals surface area (Å²) in [7, 11) is -3.05. The number of nitrogens with zero attached hydrogens (tertiary/aromatic N) is 5. The number of rotatable bonds is 6. The third-order valence-electron chi connectivity index (χ3n) is 12.9. The lowest BCUT2D eigenvalue weighted by atomic mass is 10.1. The second kappa shape index (κ2) is 13.9. The summed E-state index contributed by atoms with van der Waals surface area (Å²) in [6.45, 7) is 0. The van der Waals surface area contributed by atoms with Gasteiger partial charge >= 0.3 is 0 Å². The Kier molecular flexibility index (Phi) is 7.82. The molecule has 63 heavy (non-hydrogen) atoms. The van der Waals surface area contributed by atoms with Crippen molar-refractivity contribution in [3.63, 3.8) is 0 Å². The van der Waals surface area contributed by atoms with Crippen LogP contribution in [0.1, 0.15) is 0 Å². The molecule has 8 aromatic carbocycles. The van der Waals surface area contributed by atoms with E-state index in [1.807, 2.05) is 24.7 Å². The first-order valence-corrected chi connectivity index (χ1v) is 23.3. The molecule has 4 aromatic heterocycles. The summed E-state index contributed by atoms with van der Waals surface area (Å²) >= 11 is 0. The van der Waals surface area contributed by atoms with E-state index < -0.39 is 8.07 Å². The molecular weight excluding hydrogens is 787 g/mol. The van der Waals surface area contributed by atoms with E-state index in [0.717, 1.165) is 61.4 Å². The molecule has 0 radical (unpaired) electrons. The van der Waals surface area contributed by atoms with Gasteiger partial charge in [-0.15, -0.1) is 0 Å². The quantitative estimate of drug-likeness (QED) is 0.124. The van der Waals surface area contributed by atoms with Gasteiger partial charge in [0.25, 0.3) is 0 Å². The molecule has 1 aliphatic heterocycles. The minimum atomic E-state index is -3.05. The summed E-state index contributed by atoms with van der Waals surface area (Å²) in [4.78, 5) is 12.4. The number of anilines is 3. The average Bonchev–Trinajstić information content (AvgIpc) is 3.99. The van der Waals surface area contributed by atoms with E-state index in [4.69, 9.17) is 14.7 Å². The molecule has 0 saturated carbocycles. The zero-order valence-corrected chi connectivity index (χ0v) is 35.0. The van der Waals surface area contributed by atoms with Gasteiger partial charge in [0.1, 0.15) is 22.8 Å². The fraction of sp³-hybridized carbons (Fsp3) is 0. The van der Waals surface area contributed by atoms with Crippen molar-refractivity contribution in [2.45, 2.75) is 0 Å². The van der Waals surface area contributed by atoms with Crippen LogP contribution in [0.25, 0.3) is 54.9 Å². The maximum atomic E-state index is 6.76. The first-order valence-electron chi connectivity index (χ1n) is 21.3. The maximum Gasteiger partial charge on any atom is 0.184 e. The predicted octanol–water partition coefficient (Wildman–Crippen LogP) is 11.1. The Hall–Kier alpha value is -8.26. The molecule has 6 nitrogen and oxygen atoms in total. The molecule has 13 rings (SSSR count). The Labute approximate surface area is 364 Å². The number of hydrogen-bond acceptors (Lipinski definition) is 4. The second-order valence-electron chi connectivity index (χ2n) is 16.2. The van der Waals surface area contributed by atoms with Crippen molar-refractivity contribution in [1.82, 2.24) is 18.9 Å². The van der Waals surface area contributed by atoms with E-state index in [1.54, 1.807) is 0 Å². The first-order chi connectivity index (χ1) is 31.3. The Morgan fingerprint density at radius 2 is 1.11 bits per heavy atom. The molecule has 0 fully saturated rings. The predicted molar refractivity (Wildman–Crippen MR) is 261 cm³/mol. The van der Waals surface area contributed by atoms with Crippen molar-refractivity contribution in [3.8, 4) is 17.2 Å². The molecule has 1 aliphatic rings. The molecule has 0 aliphatic carbocycles. The molecule has 5 heterocycles. The van der Waals surface area contributed by atoms with Gasteiger partial charge in [-0.2, -0.15) is 0 Å². The van der Waals surface area contributed by atoms with Crippen molar-refractivity contribution in [1.29, 1.82) is 0 Å². The molecule has 0 atom stereocenters. The van der Waals surface area contributed by atoms with Crippen LogP contribution in [0.2, 0.25) is 0 Å². The van der Waals surface area contributed by atoms with E-state index in [-0.39, 0.29) is 0 Å². The van der Waals surface area contributed by atoms with Crippen LogP contribution in [0.15, 0.2) is 225 Å². The van der Waals surface area contributed by atoms with Gasteiger partial charge in [-0.1, -0.05) is 121 Å². The normalized spacial score (nSPS) is 13.2. The number of para-hydroxylation sites is 3. The number of aromatic nitrogens is 4. The number of imidazole rings is 1. The molecule has 296 valence electrons. The molecule has 7 heteroatoms. The minimum absolute atomic E-state index is 0.734. The number of hydrogen-bond donors (Lipinski definition) is 0. The van der Waals surface area contributed by atoms with Crippen LogP contribution >= 0.6 is 0 Å². The van der Waals surface area contributed by atoms with Crippen LogP contribution in [-0.2, 0) is 0 Å². The third kappa shape index (κ3) is 5.17. The van der Waals surface area contributed by atoms with Gasteiger partial charge in [0.15, 0.2) is 8.07 Å². The standard InChI is InChI=1S/C56H37N5OSi/c1-4-16-38(17-5-1)60-49-27-12-13-28-52(49)63(42-20-6-2-7-21-42,43-22-8-3-9-23-43)54-51(60)32-31-50-53(54)46-25-15-33-57-56(46)61(50)39-18-14-19-40(36-39)62-41-29-30-44-45-24-10-11-26-48(45)59-35-34-58-55(59)47(44)37-41/h1-37H. The largest absolute Gasteiger partial charge is 0.457 e. The Bertz CT molecular complexity index is 3690. The summed E-state index contributed by atoms with van der Waals surface area (Å²) in [6, 6.07) is 74.5. The highest BCUT2D eigenvalue weighted by atomic mass is 28.3. The number of ether oxygens (including phenoxy) is 1. The van der Waals surface area contributed by atoms with Crippen LogP contribution in [-0.4, -0.2) is 27.0 Å². The monoisotopic (exact) mass is 823 g/mol. The van der Waals surface area contributed by atoms with Gasteiger partial charge in [-0.25, -0.2) is 9.97 Å². The van der Waals surface area contributed by atoms with Crippen molar-refractivity contribution in [2.75, 3.05) is 4.90 Å². The van der Waals surface area contributed by atoms with Crippen molar-refractivity contribution in [3.05, 3.63) is 225 Å². The molecule has 0 N–H and O–H groups in total. The van der Waals surface area contributed by atoms with Crippen LogP contribution in [0.3, 0.4) is 0 Å². The first kappa shape index (κ1) is 35.5. The fourth-order valence-electron chi connectivity index (χ4n) is 10.4. The van der Waals surface area contributed by atoms with E-state index in [1.165, 1.54) is 42.9 Å². The van der Waals surface area contributed by atoms with E-state index in [9.17, 15) is 0 Å². The van der Waals surface area contributed by atoms with Gasteiger partial charge in [-0.05, 0) is 105 Å². The third-order valence-corrected chi connectivity index (χ3v) is 17.8. The molecule has 0 bridgehead atoms. The fourth-order valence-corrected chi connectivity index (χ4v) is 15.8. The Balaban J connectivity index is 1.06. The highest BCUT2D eigenvalue weighted by molar-refractivity contribution is 7.22. The lowest BCUT2D eigenvalue weighted by Crippen LogP contribution is -2.77. The molecular formula is C56H37N5OSi. The number of pyridine rings is 2. The second-order valence-corrected chi connectivity index (χ2v) is 19.9. The Morgan fingerprint density at radius 1 is 0.429 bits per heavy atom. The van der Waals surface area contributed by atoms with Gasteiger partial charge in [0.2, 0.25) is 0 Å². The molecule has 0 saturated heterocycles. The zero-order valence-electron chi connectivity index (χ0n) is 34.0. The summed E-state index contributed by atoms with van der Waals surface area (Å²) in [5.41, 5.74) is 8.50. The summed E-state index contributed by atoms with van der Waals surface area (Å²) < 4.78 is 11.2. The van der Waals surface area contributed by atoms with Crippen molar-refractivity contribution in [2.24, 2.45) is 0 Å². The summed E-state index contributed by atoms with van der Waals surface area (Å²) in [6.07, 6.45) is 5.79. The molecule has 12 aromatic rings. The van der Waals surface area contributed by atoms with Crippen molar-refractivity contribution >= 4 is 95.1 Å². The van der Waals surface area contributed by atoms with E-state index in [0.29, 0.717) is 0 Å². The Morgan fingerprint density at radius 3 is 1.94 bits per heavy atom. The number of fused-ring (bicyclic) bond motifs is 12. The lowest BCUT2D eigenvalue weighted by Gasteiger charge is -2.45. The van der Waals surface area contributed by atoms with Gasteiger partial charge < -0.3 is 9.64 Å². The summed E-state index contributed by atoms with van der Waals surface area (Å²) in [5, 5.41) is 11.0. The lowest BCUT2D eigenvalue weighted by molar-refractivity contribution is 0.483. The van der Waals surface area contributed by atoms with Crippen LogP contribution in [0.5, 0.6) is 11.5 Å². The van der Waals surface area contributed by atoms with Crippen LogP contribution < -0.4 is 30.4 Å². The molecule has 0 amide bonds.